The lowest BCUT2D eigenvalue weighted by Gasteiger charge is -2.31. The maximum absolute atomic E-state index is 13.9. The van der Waals surface area contributed by atoms with Crippen LogP contribution in [-0.2, 0) is 41.8 Å². The molecule has 3 amide bonds. The third-order valence-corrected chi connectivity index (χ3v) is 11.2. The maximum Gasteiger partial charge on any atom is 0.335 e. The molecule has 1 aliphatic rings. The van der Waals surface area contributed by atoms with Gasteiger partial charge in [0.05, 0.1) is 36.8 Å². The van der Waals surface area contributed by atoms with E-state index in [4.69, 9.17) is 10.2 Å². The van der Waals surface area contributed by atoms with E-state index in [1.165, 1.54) is 16.2 Å². The summed E-state index contributed by atoms with van der Waals surface area (Å²) in [6.07, 6.45) is 4.58. The molecule has 1 heterocycles. The van der Waals surface area contributed by atoms with Gasteiger partial charge in [-0.2, -0.15) is 0 Å². The standard InChI is InChI=1S/C42H48N4O9S.ClH/c1-45(36(49)19-20-37(50)51)21-22-46(33(25-47)26-48)24-29-5-4-6-31(23-29)39(52)44-41-38(34-7-2-3-8-35(34)56-41)40(53)43-32-17-13-28(14-18-32)10-9-27-11-15-30(16-12-27)42(54)55;/h4-6,11-18,23,33,47-48H,2-3,7-10,19-22,24-26H2,1H3,(H,43,53)(H,44,52)(H,50,51)(H,54,55);1H. The van der Waals surface area contributed by atoms with Crippen LogP contribution < -0.4 is 10.6 Å². The number of amides is 3. The minimum atomic E-state index is -1.06. The molecule has 0 saturated heterocycles. The molecule has 1 aromatic heterocycles. The number of nitrogens with zero attached hydrogens (tertiary/aromatic N) is 2. The molecule has 0 aliphatic heterocycles. The van der Waals surface area contributed by atoms with E-state index in [1.54, 1.807) is 37.4 Å². The van der Waals surface area contributed by atoms with Crippen molar-refractivity contribution in [2.45, 2.75) is 64.0 Å². The quantitative estimate of drug-likeness (QED) is 0.0702. The molecule has 6 N–H and O–H groups in total. The lowest BCUT2D eigenvalue weighted by molar-refractivity contribution is -0.140. The molecule has 57 heavy (non-hydrogen) atoms. The van der Waals surface area contributed by atoms with Crippen molar-refractivity contribution < 1.29 is 44.4 Å². The predicted molar refractivity (Wildman–Crippen MR) is 221 cm³/mol. The number of likely N-dealkylation sites (N-methyl/N-ethyl adjacent to an activating group) is 1. The van der Waals surface area contributed by atoms with Crippen LogP contribution in [0.5, 0.6) is 0 Å². The van der Waals surface area contributed by atoms with Crippen LogP contribution in [0.4, 0.5) is 10.7 Å². The predicted octanol–water partition coefficient (Wildman–Crippen LogP) is 5.52. The summed E-state index contributed by atoms with van der Waals surface area (Å²) < 4.78 is 0. The number of fused-ring (bicyclic) bond motifs is 1. The fourth-order valence-electron chi connectivity index (χ4n) is 6.65. The van der Waals surface area contributed by atoms with Crippen molar-refractivity contribution >= 4 is 64.1 Å². The van der Waals surface area contributed by atoms with Crippen LogP contribution in [0.15, 0.2) is 72.8 Å². The molecule has 0 radical (unpaired) electrons. The molecule has 13 nitrogen and oxygen atoms in total. The number of hydrogen-bond donors (Lipinski definition) is 6. The summed E-state index contributed by atoms with van der Waals surface area (Å²) in [5.74, 6) is -3.04. The minimum Gasteiger partial charge on any atom is -0.481 e. The van der Waals surface area contributed by atoms with Crippen LogP contribution in [-0.4, -0.2) is 99.3 Å². The number of halogens is 1. The van der Waals surface area contributed by atoms with E-state index in [-0.39, 0.29) is 75.5 Å². The Morgan fingerprint density at radius 1 is 0.754 bits per heavy atom. The molecular formula is C42H49ClN4O9S. The Kier molecular flexibility index (Phi) is 16.8. The highest BCUT2D eigenvalue weighted by Gasteiger charge is 2.27. The maximum atomic E-state index is 13.9. The van der Waals surface area contributed by atoms with Crippen molar-refractivity contribution in [1.29, 1.82) is 0 Å². The molecular weight excluding hydrogens is 772 g/mol. The number of aliphatic carboxylic acids is 1. The number of aryl methyl sites for hydroxylation is 3. The first kappa shape index (κ1) is 44.6. The second-order valence-corrected chi connectivity index (χ2v) is 15.0. The van der Waals surface area contributed by atoms with Crippen molar-refractivity contribution in [1.82, 2.24) is 9.80 Å². The number of rotatable bonds is 19. The number of thiophene rings is 1. The van der Waals surface area contributed by atoms with Gasteiger partial charge >= 0.3 is 11.9 Å². The molecule has 0 atom stereocenters. The molecule has 15 heteroatoms. The number of aliphatic hydroxyl groups is 2. The summed E-state index contributed by atoms with van der Waals surface area (Å²) in [7, 11) is 1.57. The fraction of sp³-hybridized carbons (Fsp3) is 0.357. The normalized spacial score (nSPS) is 12.1. The van der Waals surface area contributed by atoms with Gasteiger partial charge in [-0.25, -0.2) is 4.79 Å². The molecule has 0 bridgehead atoms. The summed E-state index contributed by atoms with van der Waals surface area (Å²) in [5, 5.41) is 44.5. The van der Waals surface area contributed by atoms with E-state index < -0.39 is 23.9 Å². The van der Waals surface area contributed by atoms with Gasteiger partial charge in [-0.3, -0.25) is 24.1 Å². The van der Waals surface area contributed by atoms with Gasteiger partial charge in [0.1, 0.15) is 5.00 Å². The Balaban J connectivity index is 0.00000720. The molecule has 4 aromatic rings. The third kappa shape index (κ3) is 12.4. The van der Waals surface area contributed by atoms with E-state index in [2.05, 4.69) is 10.6 Å². The van der Waals surface area contributed by atoms with Crippen molar-refractivity contribution in [3.63, 3.8) is 0 Å². The highest BCUT2D eigenvalue weighted by molar-refractivity contribution is 7.17. The first-order valence-corrected chi connectivity index (χ1v) is 19.5. The zero-order valence-corrected chi connectivity index (χ0v) is 33.4. The lowest BCUT2D eigenvalue weighted by Crippen LogP contribution is -2.44. The smallest absolute Gasteiger partial charge is 0.335 e. The summed E-state index contributed by atoms with van der Waals surface area (Å²) >= 11 is 1.42. The van der Waals surface area contributed by atoms with Crippen molar-refractivity contribution in [3.8, 4) is 0 Å². The van der Waals surface area contributed by atoms with Crippen LogP contribution in [0.1, 0.15) is 83.9 Å². The van der Waals surface area contributed by atoms with Crippen molar-refractivity contribution in [2.75, 3.05) is 44.0 Å². The van der Waals surface area contributed by atoms with E-state index in [1.807, 2.05) is 47.4 Å². The van der Waals surface area contributed by atoms with Gasteiger partial charge in [-0.1, -0.05) is 36.4 Å². The second-order valence-electron chi connectivity index (χ2n) is 13.9. The number of carboxylic acid groups (broad SMARTS) is 2. The first-order chi connectivity index (χ1) is 26.9. The van der Waals surface area contributed by atoms with E-state index in [0.29, 0.717) is 21.8 Å². The van der Waals surface area contributed by atoms with Crippen molar-refractivity contribution in [3.05, 3.63) is 117 Å². The summed E-state index contributed by atoms with van der Waals surface area (Å²) in [6, 6.07) is 20.7. The summed E-state index contributed by atoms with van der Waals surface area (Å²) in [6.45, 7) is 0.100. The molecule has 0 spiro atoms. The van der Waals surface area contributed by atoms with Gasteiger partial charge in [0, 0.05) is 49.2 Å². The minimum absolute atomic E-state index is 0. The van der Waals surface area contributed by atoms with E-state index >= 15 is 0 Å². The van der Waals surface area contributed by atoms with Gasteiger partial charge in [-0.15, -0.1) is 23.7 Å². The number of aromatic carboxylic acids is 1. The van der Waals surface area contributed by atoms with E-state index in [9.17, 15) is 34.2 Å². The van der Waals surface area contributed by atoms with Crippen LogP contribution in [0, 0.1) is 0 Å². The van der Waals surface area contributed by atoms with Crippen LogP contribution in [0.2, 0.25) is 0 Å². The SMILES string of the molecule is CN(CCN(Cc1cccc(C(=O)Nc2sc3c(c2C(=O)Nc2ccc(CCc4ccc(C(=O)O)cc4)cc2)CCCC3)c1)C(CO)CO)C(=O)CCC(=O)O.Cl. The Morgan fingerprint density at radius 2 is 1.40 bits per heavy atom. The summed E-state index contributed by atoms with van der Waals surface area (Å²) in [4.78, 5) is 66.3. The van der Waals surface area contributed by atoms with Crippen molar-refractivity contribution in [2.24, 2.45) is 0 Å². The number of nitrogens with one attached hydrogen (secondary N) is 2. The molecule has 304 valence electrons. The van der Waals surface area contributed by atoms with Crippen LogP contribution in [0.25, 0.3) is 0 Å². The lowest BCUT2D eigenvalue weighted by atomic mass is 9.95. The van der Waals surface area contributed by atoms with Crippen LogP contribution >= 0.6 is 23.7 Å². The van der Waals surface area contributed by atoms with Gasteiger partial charge in [0.15, 0.2) is 0 Å². The largest absolute Gasteiger partial charge is 0.481 e. The molecule has 0 fully saturated rings. The number of carboxylic acids is 2. The number of carbonyl (C=O) groups excluding carboxylic acids is 3. The number of aliphatic hydroxyl groups excluding tert-OH is 2. The molecule has 1 aliphatic carbocycles. The number of benzene rings is 3. The average molecular weight is 821 g/mol. The molecule has 5 rings (SSSR count). The Labute approximate surface area is 341 Å². The second kappa shape index (κ2) is 21.4. The average Bonchev–Trinajstić information content (AvgIpc) is 3.57. The van der Waals surface area contributed by atoms with Gasteiger partial charge in [-0.05, 0) is 97.2 Å². The zero-order valence-electron chi connectivity index (χ0n) is 31.7. The Morgan fingerprint density at radius 3 is 2.04 bits per heavy atom. The number of hydrogen-bond acceptors (Lipinski definition) is 9. The van der Waals surface area contributed by atoms with E-state index in [0.717, 1.165) is 65.7 Å². The van der Waals surface area contributed by atoms with Gasteiger partial charge in [0.2, 0.25) is 5.91 Å². The molecule has 3 aromatic carbocycles. The summed E-state index contributed by atoms with van der Waals surface area (Å²) in [5.41, 5.74) is 5.47. The Hall–Kier alpha value is -5.12. The number of anilines is 2. The topological polar surface area (TPSA) is 197 Å². The number of carbonyl (C=O) groups is 5. The fourth-order valence-corrected chi connectivity index (χ4v) is 7.93. The first-order valence-electron chi connectivity index (χ1n) is 18.6. The highest BCUT2D eigenvalue weighted by atomic mass is 35.5. The Bertz CT molecular complexity index is 2020. The van der Waals surface area contributed by atoms with Gasteiger partial charge < -0.3 is 36.0 Å². The van der Waals surface area contributed by atoms with Gasteiger partial charge in [0.25, 0.3) is 11.8 Å². The molecule has 0 unspecified atom stereocenters. The zero-order chi connectivity index (χ0) is 40.2. The molecule has 0 saturated carbocycles. The highest BCUT2D eigenvalue weighted by Crippen LogP contribution is 2.39. The van der Waals surface area contributed by atoms with Crippen LogP contribution in [0.3, 0.4) is 0 Å². The monoisotopic (exact) mass is 820 g/mol. The third-order valence-electron chi connectivity index (χ3n) is 9.95.